The molecular formula is C9H16N4O2. The molecule has 0 saturated heterocycles. The Morgan fingerprint density at radius 1 is 1.67 bits per heavy atom. The highest BCUT2D eigenvalue weighted by molar-refractivity contribution is 5.91. The Morgan fingerprint density at radius 3 is 3.13 bits per heavy atom. The molecule has 84 valence electrons. The first-order chi connectivity index (χ1) is 7.26. The highest BCUT2D eigenvalue weighted by Crippen LogP contribution is 2.01. The number of ether oxygens (including phenoxy) is 1. The van der Waals surface area contributed by atoms with Gasteiger partial charge in [-0.2, -0.15) is 5.10 Å². The molecule has 15 heavy (non-hydrogen) atoms. The maximum Gasteiger partial charge on any atom is 0.239 e. The average Bonchev–Trinajstić information content (AvgIpc) is 2.63. The number of nitrogens with one attached hydrogen (secondary N) is 2. The second kappa shape index (κ2) is 6.15. The van der Waals surface area contributed by atoms with E-state index >= 15 is 0 Å². The largest absolute Gasteiger partial charge is 0.383 e. The zero-order chi connectivity index (χ0) is 11.1. The molecule has 0 aromatic carbocycles. The van der Waals surface area contributed by atoms with Gasteiger partial charge in [0.25, 0.3) is 0 Å². The summed E-state index contributed by atoms with van der Waals surface area (Å²) in [6, 6.07) is 1.75. The van der Waals surface area contributed by atoms with Crippen LogP contribution in [0.25, 0.3) is 0 Å². The molecule has 0 atom stereocenters. The summed E-state index contributed by atoms with van der Waals surface area (Å²) >= 11 is 0. The smallest absolute Gasteiger partial charge is 0.239 e. The first-order valence-electron chi connectivity index (χ1n) is 4.73. The quantitative estimate of drug-likeness (QED) is 0.678. The minimum Gasteiger partial charge on any atom is -0.383 e. The van der Waals surface area contributed by atoms with Crippen molar-refractivity contribution in [1.82, 2.24) is 15.1 Å². The molecule has 0 spiro atoms. The highest BCUT2D eigenvalue weighted by Gasteiger charge is 2.03. The SMILES string of the molecule is CNCC(=O)Nc1ccn(CCOC)n1. The molecule has 0 aliphatic carbocycles. The number of anilines is 1. The number of carbonyl (C=O) groups excluding carboxylic acids is 1. The maximum absolute atomic E-state index is 11.2. The van der Waals surface area contributed by atoms with Crippen molar-refractivity contribution in [3.05, 3.63) is 12.3 Å². The Labute approximate surface area is 88.6 Å². The van der Waals surface area contributed by atoms with E-state index in [0.29, 0.717) is 19.0 Å². The number of amides is 1. The van der Waals surface area contributed by atoms with E-state index in [0.717, 1.165) is 0 Å². The van der Waals surface area contributed by atoms with Crippen molar-refractivity contribution < 1.29 is 9.53 Å². The van der Waals surface area contributed by atoms with Crippen LogP contribution in [0.3, 0.4) is 0 Å². The van der Waals surface area contributed by atoms with Gasteiger partial charge >= 0.3 is 0 Å². The summed E-state index contributed by atoms with van der Waals surface area (Å²) < 4.78 is 6.64. The van der Waals surface area contributed by atoms with Gasteiger partial charge in [0.2, 0.25) is 5.91 Å². The number of aromatic nitrogens is 2. The van der Waals surface area contributed by atoms with E-state index in [9.17, 15) is 4.79 Å². The number of carbonyl (C=O) groups is 1. The van der Waals surface area contributed by atoms with Crippen LogP contribution in [0.1, 0.15) is 0 Å². The molecule has 6 nitrogen and oxygen atoms in total. The molecule has 0 saturated carbocycles. The van der Waals surface area contributed by atoms with Gasteiger partial charge in [0.05, 0.1) is 19.7 Å². The molecule has 0 fully saturated rings. The molecule has 6 heteroatoms. The van der Waals surface area contributed by atoms with E-state index in [2.05, 4.69) is 15.7 Å². The van der Waals surface area contributed by atoms with Gasteiger partial charge in [-0.1, -0.05) is 0 Å². The molecule has 1 aromatic rings. The lowest BCUT2D eigenvalue weighted by Crippen LogP contribution is -2.25. The number of methoxy groups -OCH3 is 1. The first-order valence-corrected chi connectivity index (χ1v) is 4.73. The van der Waals surface area contributed by atoms with Crippen molar-refractivity contribution in [2.24, 2.45) is 0 Å². The summed E-state index contributed by atoms with van der Waals surface area (Å²) in [5.74, 6) is 0.459. The molecule has 1 aromatic heterocycles. The molecule has 2 N–H and O–H groups in total. The summed E-state index contributed by atoms with van der Waals surface area (Å²) in [6.07, 6.45) is 1.80. The number of hydrogen-bond acceptors (Lipinski definition) is 4. The van der Waals surface area contributed by atoms with Crippen LogP contribution < -0.4 is 10.6 Å². The van der Waals surface area contributed by atoms with E-state index in [-0.39, 0.29) is 12.5 Å². The number of likely N-dealkylation sites (N-methyl/N-ethyl adjacent to an activating group) is 1. The van der Waals surface area contributed by atoms with E-state index in [4.69, 9.17) is 4.74 Å². The Morgan fingerprint density at radius 2 is 2.47 bits per heavy atom. The van der Waals surface area contributed by atoms with Crippen molar-refractivity contribution in [2.45, 2.75) is 6.54 Å². The third kappa shape index (κ3) is 4.09. The number of nitrogens with zero attached hydrogens (tertiary/aromatic N) is 2. The predicted molar refractivity (Wildman–Crippen MR) is 56.7 cm³/mol. The van der Waals surface area contributed by atoms with Crippen LogP contribution in [0, 0.1) is 0 Å². The lowest BCUT2D eigenvalue weighted by molar-refractivity contribution is -0.115. The molecule has 0 radical (unpaired) electrons. The molecule has 0 bridgehead atoms. The highest BCUT2D eigenvalue weighted by atomic mass is 16.5. The number of hydrogen-bond donors (Lipinski definition) is 2. The summed E-state index contributed by atoms with van der Waals surface area (Å²) in [5, 5.41) is 9.57. The number of rotatable bonds is 6. The lowest BCUT2D eigenvalue weighted by Gasteiger charge is -2.01. The fourth-order valence-electron chi connectivity index (χ4n) is 1.09. The van der Waals surface area contributed by atoms with Gasteiger partial charge in [-0.15, -0.1) is 0 Å². The minimum absolute atomic E-state index is 0.102. The predicted octanol–water partition coefficient (Wildman–Crippen LogP) is -0.313. The summed E-state index contributed by atoms with van der Waals surface area (Å²) in [7, 11) is 3.36. The van der Waals surface area contributed by atoms with Gasteiger partial charge in [0, 0.05) is 19.4 Å². The molecule has 1 heterocycles. The van der Waals surface area contributed by atoms with Crippen molar-refractivity contribution in [3.8, 4) is 0 Å². The summed E-state index contributed by atoms with van der Waals surface area (Å²) in [5.41, 5.74) is 0. The lowest BCUT2D eigenvalue weighted by atomic mass is 10.5. The van der Waals surface area contributed by atoms with Crippen LogP contribution >= 0.6 is 0 Å². The van der Waals surface area contributed by atoms with Gasteiger partial charge in [0.1, 0.15) is 0 Å². The van der Waals surface area contributed by atoms with Crippen molar-refractivity contribution >= 4 is 11.7 Å². The Balaban J connectivity index is 2.42. The van der Waals surface area contributed by atoms with Crippen LogP contribution in [0.15, 0.2) is 12.3 Å². The van der Waals surface area contributed by atoms with E-state index in [1.54, 1.807) is 31.1 Å². The Bertz CT molecular complexity index is 311. The van der Waals surface area contributed by atoms with Crippen LogP contribution in [0.4, 0.5) is 5.82 Å². The topological polar surface area (TPSA) is 68.2 Å². The maximum atomic E-state index is 11.2. The van der Waals surface area contributed by atoms with Crippen LogP contribution in [-0.2, 0) is 16.1 Å². The van der Waals surface area contributed by atoms with Crippen LogP contribution in [0.2, 0.25) is 0 Å². The fraction of sp³-hybridized carbons (Fsp3) is 0.556. The monoisotopic (exact) mass is 212 g/mol. The molecular weight excluding hydrogens is 196 g/mol. The minimum atomic E-state index is -0.102. The Kier molecular flexibility index (Phi) is 4.79. The molecule has 0 aliphatic rings. The van der Waals surface area contributed by atoms with Crippen LogP contribution in [-0.4, -0.2) is 43.0 Å². The third-order valence-electron chi connectivity index (χ3n) is 1.77. The fourth-order valence-corrected chi connectivity index (χ4v) is 1.09. The molecule has 1 amide bonds. The second-order valence-electron chi connectivity index (χ2n) is 3.04. The first kappa shape index (κ1) is 11.7. The van der Waals surface area contributed by atoms with Crippen LogP contribution in [0.5, 0.6) is 0 Å². The van der Waals surface area contributed by atoms with Crippen molar-refractivity contribution in [2.75, 3.05) is 32.6 Å². The zero-order valence-electron chi connectivity index (χ0n) is 8.99. The van der Waals surface area contributed by atoms with Gasteiger partial charge in [0.15, 0.2) is 5.82 Å². The average molecular weight is 212 g/mol. The molecule has 1 rings (SSSR count). The zero-order valence-corrected chi connectivity index (χ0v) is 8.99. The third-order valence-corrected chi connectivity index (χ3v) is 1.77. The van der Waals surface area contributed by atoms with Crippen molar-refractivity contribution in [3.63, 3.8) is 0 Å². The molecule has 0 unspecified atom stereocenters. The van der Waals surface area contributed by atoms with Gasteiger partial charge < -0.3 is 15.4 Å². The van der Waals surface area contributed by atoms with Gasteiger partial charge in [-0.25, -0.2) is 0 Å². The van der Waals surface area contributed by atoms with Crippen molar-refractivity contribution in [1.29, 1.82) is 0 Å². The van der Waals surface area contributed by atoms with E-state index in [1.165, 1.54) is 0 Å². The van der Waals surface area contributed by atoms with E-state index in [1.807, 2.05) is 0 Å². The summed E-state index contributed by atoms with van der Waals surface area (Å²) in [4.78, 5) is 11.2. The van der Waals surface area contributed by atoms with Gasteiger partial charge in [-0.05, 0) is 7.05 Å². The standard InChI is InChI=1S/C9H16N4O2/c1-10-7-9(14)11-8-3-4-13(12-8)5-6-15-2/h3-4,10H,5-7H2,1-2H3,(H,11,12,14). The second-order valence-corrected chi connectivity index (χ2v) is 3.04. The molecule has 0 aliphatic heterocycles. The van der Waals surface area contributed by atoms with E-state index < -0.39 is 0 Å². The summed E-state index contributed by atoms with van der Waals surface area (Å²) in [6.45, 7) is 1.56. The van der Waals surface area contributed by atoms with Gasteiger partial charge in [-0.3, -0.25) is 9.48 Å². The normalized spacial score (nSPS) is 10.3. The Hall–Kier alpha value is -1.40.